The first-order chi connectivity index (χ1) is 14.7. The minimum Gasteiger partial charge on any atom is -0.477 e. The summed E-state index contributed by atoms with van der Waals surface area (Å²) in [5.74, 6) is -2.38. The maximum Gasteiger partial charge on any atom is 0.353 e. The molecule has 1 aromatic rings. The van der Waals surface area contributed by atoms with Crippen LogP contribution in [0.15, 0.2) is 26.9 Å². The highest BCUT2D eigenvalue weighted by atomic mass is 32.2. The van der Waals surface area contributed by atoms with Gasteiger partial charge in [-0.05, 0) is 12.2 Å². The van der Waals surface area contributed by atoms with Gasteiger partial charge in [-0.1, -0.05) is 5.16 Å². The van der Waals surface area contributed by atoms with E-state index in [9.17, 15) is 19.5 Å². The Labute approximate surface area is 188 Å². The van der Waals surface area contributed by atoms with Crippen LogP contribution in [0.2, 0.25) is 0 Å². The Balaban J connectivity index is 1.78. The van der Waals surface area contributed by atoms with Crippen molar-refractivity contribution in [3.8, 4) is 0 Å². The van der Waals surface area contributed by atoms with Crippen LogP contribution in [-0.4, -0.2) is 74.1 Å². The molecule has 3 rings (SSSR count). The third-order valence-corrected chi connectivity index (χ3v) is 6.11. The van der Waals surface area contributed by atoms with Crippen LogP contribution in [0, 0.1) is 0 Å². The molecule has 0 aliphatic carbocycles. The Morgan fingerprint density at radius 3 is 2.84 bits per heavy atom. The molecule has 1 saturated heterocycles. The number of aliphatic carboxylic acids is 1. The Bertz CT molecular complexity index is 1040. The lowest BCUT2D eigenvalue weighted by molar-refractivity contribution is -0.150. The molecule has 0 aromatic carbocycles. The monoisotopic (exact) mass is 484 g/mol. The van der Waals surface area contributed by atoms with E-state index in [1.807, 2.05) is 0 Å². The molecular formula is C15H16N8O5S3. The largest absolute Gasteiger partial charge is 0.477 e. The van der Waals surface area contributed by atoms with Crippen LogP contribution in [-0.2, 0) is 19.2 Å². The van der Waals surface area contributed by atoms with Crippen LogP contribution in [0.25, 0.3) is 0 Å². The van der Waals surface area contributed by atoms with Crippen molar-refractivity contribution in [1.82, 2.24) is 20.6 Å². The second kappa shape index (κ2) is 9.27. The Hall–Kier alpha value is -3.24. The number of carbonyl (C=O) groups is 3. The number of aromatic nitrogens is 1. The van der Waals surface area contributed by atoms with Crippen LogP contribution in [0.4, 0.5) is 5.13 Å². The smallest absolute Gasteiger partial charge is 0.353 e. The first-order valence-corrected chi connectivity index (χ1v) is 10.7. The summed E-state index contributed by atoms with van der Waals surface area (Å²) in [6.45, 7) is 0. The van der Waals surface area contributed by atoms with Gasteiger partial charge < -0.3 is 26.7 Å². The van der Waals surface area contributed by atoms with Crippen molar-refractivity contribution in [1.29, 1.82) is 0 Å². The van der Waals surface area contributed by atoms with E-state index in [1.54, 1.807) is 0 Å². The van der Waals surface area contributed by atoms with Crippen LogP contribution in [0.3, 0.4) is 0 Å². The van der Waals surface area contributed by atoms with E-state index in [1.165, 1.54) is 30.5 Å². The zero-order valence-corrected chi connectivity index (χ0v) is 18.2. The van der Waals surface area contributed by atoms with Gasteiger partial charge in [-0.3, -0.25) is 19.9 Å². The van der Waals surface area contributed by atoms with E-state index < -0.39 is 29.2 Å². The van der Waals surface area contributed by atoms with Crippen molar-refractivity contribution in [2.24, 2.45) is 16.0 Å². The Kier molecular flexibility index (Phi) is 6.71. The zero-order chi connectivity index (χ0) is 22.7. The van der Waals surface area contributed by atoms with Gasteiger partial charge in [-0.15, -0.1) is 23.1 Å². The zero-order valence-electron chi connectivity index (χ0n) is 15.8. The van der Waals surface area contributed by atoms with Gasteiger partial charge in [-0.2, -0.15) is 5.10 Å². The molecule has 3 heterocycles. The molecule has 1 unspecified atom stereocenters. The average molecular weight is 485 g/mol. The molecule has 1 aromatic heterocycles. The second-order valence-corrected chi connectivity index (χ2v) is 8.40. The van der Waals surface area contributed by atoms with Gasteiger partial charge in [0, 0.05) is 16.7 Å². The van der Waals surface area contributed by atoms with Crippen LogP contribution < -0.4 is 22.2 Å². The molecule has 16 heteroatoms. The third-order valence-electron chi connectivity index (χ3n) is 4.04. The average Bonchev–Trinajstić information content (AvgIpc) is 3.14. The highest BCUT2D eigenvalue weighted by molar-refractivity contribution is 8.00. The van der Waals surface area contributed by atoms with Gasteiger partial charge in [0.15, 0.2) is 16.0 Å². The SMILES string of the molecule is CO/N=C(\C(=O)NC1C(=O)N2C(C(=O)O)=C(C=NNC(N)=S)CS[C@@H]12)c1csc(N)n1. The predicted molar refractivity (Wildman–Crippen MR) is 118 cm³/mol. The lowest BCUT2D eigenvalue weighted by Crippen LogP contribution is -2.71. The van der Waals surface area contributed by atoms with Gasteiger partial charge in [0.25, 0.3) is 11.8 Å². The predicted octanol–water partition coefficient (Wildman–Crippen LogP) is -1.37. The van der Waals surface area contributed by atoms with Gasteiger partial charge in [0.2, 0.25) is 0 Å². The number of carboxylic acids is 1. The number of amides is 2. The normalized spacial score (nSPS) is 20.9. The number of hydrogen-bond donors (Lipinski definition) is 5. The molecule has 0 spiro atoms. The quantitative estimate of drug-likeness (QED) is 0.132. The van der Waals surface area contributed by atoms with E-state index in [4.69, 9.17) is 16.3 Å². The minimum atomic E-state index is -1.31. The highest BCUT2D eigenvalue weighted by Crippen LogP contribution is 2.39. The number of thiazole rings is 1. The fourth-order valence-corrected chi connectivity index (χ4v) is 4.72. The second-order valence-electron chi connectivity index (χ2n) is 5.97. The first-order valence-electron chi connectivity index (χ1n) is 8.37. The molecule has 31 heavy (non-hydrogen) atoms. The summed E-state index contributed by atoms with van der Waals surface area (Å²) in [7, 11) is 1.26. The molecule has 2 amide bonds. The van der Waals surface area contributed by atoms with Crippen molar-refractivity contribution in [3.05, 3.63) is 22.3 Å². The molecule has 2 atom stereocenters. The number of nitrogen functional groups attached to an aromatic ring is 1. The number of anilines is 1. The lowest BCUT2D eigenvalue weighted by atomic mass is 10.0. The van der Waals surface area contributed by atoms with Crippen LogP contribution in [0.1, 0.15) is 5.69 Å². The Morgan fingerprint density at radius 2 is 2.26 bits per heavy atom. The fraction of sp³-hybridized carbons (Fsp3) is 0.267. The number of nitrogens with zero attached hydrogens (tertiary/aromatic N) is 4. The Morgan fingerprint density at radius 1 is 1.52 bits per heavy atom. The number of hydrogen-bond acceptors (Lipinski definition) is 11. The maximum absolute atomic E-state index is 12.7. The molecule has 1 fully saturated rings. The van der Waals surface area contributed by atoms with E-state index in [-0.39, 0.29) is 38.7 Å². The number of hydrazone groups is 1. The van der Waals surface area contributed by atoms with Gasteiger partial charge in [0.05, 0.1) is 6.21 Å². The molecule has 13 nitrogen and oxygen atoms in total. The topological polar surface area (TPSA) is 198 Å². The van der Waals surface area contributed by atoms with E-state index in [2.05, 4.69) is 38.2 Å². The van der Waals surface area contributed by atoms with Crippen molar-refractivity contribution in [3.63, 3.8) is 0 Å². The van der Waals surface area contributed by atoms with Crippen molar-refractivity contribution >= 4 is 75.3 Å². The molecule has 0 bridgehead atoms. The number of fused-ring (bicyclic) bond motifs is 1. The van der Waals surface area contributed by atoms with Gasteiger partial charge >= 0.3 is 5.97 Å². The summed E-state index contributed by atoms with van der Waals surface area (Å²) in [6, 6.07) is -0.960. The van der Waals surface area contributed by atoms with Crippen molar-refractivity contribution < 1.29 is 24.3 Å². The first kappa shape index (κ1) is 22.4. The number of oxime groups is 1. The standard InChI is InChI=1S/C15H16N8O5S3/c1-28-22-7(6-4-31-15(17)19-6)10(24)20-8-11(25)23-9(13(26)27)5(3-30-12(8)23)2-18-21-14(16)29/h2,4,8,12H,3H2,1H3,(H2,17,19)(H,20,24)(H,26,27)(H3,16,21,29)/b18-2?,22-7-/t8?,12-/m0/s1. The van der Waals surface area contributed by atoms with E-state index in [0.717, 1.165) is 16.2 Å². The molecule has 2 aliphatic heterocycles. The number of thioether (sulfide) groups is 1. The van der Waals surface area contributed by atoms with Gasteiger partial charge in [0.1, 0.15) is 29.9 Å². The number of nitrogens with one attached hydrogen (secondary N) is 2. The summed E-state index contributed by atoms with van der Waals surface area (Å²) in [5, 5.41) is 20.6. The molecule has 0 radical (unpaired) electrons. The van der Waals surface area contributed by atoms with Crippen LogP contribution in [0.5, 0.6) is 0 Å². The number of nitrogens with two attached hydrogens (primary N) is 2. The molecule has 7 N–H and O–H groups in total. The van der Waals surface area contributed by atoms with E-state index in [0.29, 0.717) is 0 Å². The minimum absolute atomic E-state index is 0.0896. The lowest BCUT2D eigenvalue weighted by Gasteiger charge is -2.49. The highest BCUT2D eigenvalue weighted by Gasteiger charge is 2.54. The maximum atomic E-state index is 12.7. The van der Waals surface area contributed by atoms with E-state index >= 15 is 0 Å². The summed E-state index contributed by atoms with van der Waals surface area (Å²) >= 11 is 7.00. The summed E-state index contributed by atoms with van der Waals surface area (Å²) in [4.78, 5) is 46.9. The summed E-state index contributed by atoms with van der Waals surface area (Å²) in [5.41, 5.74) is 13.3. The molecule has 0 saturated carbocycles. The van der Waals surface area contributed by atoms with Crippen molar-refractivity contribution in [2.45, 2.75) is 11.4 Å². The summed E-state index contributed by atoms with van der Waals surface area (Å²) < 4.78 is 0. The molecule has 2 aliphatic rings. The number of rotatable bonds is 7. The summed E-state index contributed by atoms with van der Waals surface area (Å²) in [6.07, 6.45) is 1.24. The van der Waals surface area contributed by atoms with Gasteiger partial charge in [-0.25, -0.2) is 9.78 Å². The number of thiocarbonyl (C=S) groups is 1. The molecule has 164 valence electrons. The number of β-lactam (4-membered cyclic amide) rings is 1. The van der Waals surface area contributed by atoms with Crippen LogP contribution >= 0.6 is 35.3 Å². The molecular weight excluding hydrogens is 468 g/mol. The third kappa shape index (κ3) is 4.59. The number of carboxylic acid groups (broad SMARTS) is 1. The van der Waals surface area contributed by atoms with Crippen molar-refractivity contribution in [2.75, 3.05) is 18.6 Å². The fourth-order valence-electron chi connectivity index (χ4n) is 2.82. The number of carbonyl (C=O) groups excluding carboxylic acids is 2.